The Morgan fingerprint density at radius 3 is 2.91 bits per heavy atom. The third kappa shape index (κ3) is 5.86. The first-order valence-corrected chi connectivity index (χ1v) is 7.40. The maximum Gasteiger partial charge on any atom is 0.315 e. The standard InChI is InChI=1S/C16H20F2N2O3/c17-15(18)10-23-14-3-1-2-11(7-14)8-19-16(22)20-13-5-4-12(6-13)9-21/h1-5,7,12-13,15,21H,6,8-10H2,(H2,19,20,22)/t12-,13+/m0/s1. The molecule has 1 aliphatic rings. The Balaban J connectivity index is 1.76. The third-order valence-electron chi connectivity index (χ3n) is 3.45. The highest BCUT2D eigenvalue weighted by atomic mass is 19.3. The normalized spacial score (nSPS) is 19.8. The zero-order chi connectivity index (χ0) is 16.7. The van der Waals surface area contributed by atoms with E-state index in [1.165, 1.54) is 0 Å². The lowest BCUT2D eigenvalue weighted by atomic mass is 10.1. The second kappa shape index (κ2) is 8.47. The van der Waals surface area contributed by atoms with Crippen molar-refractivity contribution >= 4 is 6.03 Å². The first-order chi connectivity index (χ1) is 11.1. The molecule has 1 aliphatic carbocycles. The van der Waals surface area contributed by atoms with E-state index >= 15 is 0 Å². The summed E-state index contributed by atoms with van der Waals surface area (Å²) in [5.41, 5.74) is 0.752. The second-order valence-corrected chi connectivity index (χ2v) is 5.35. The molecule has 0 heterocycles. The highest BCUT2D eigenvalue weighted by Gasteiger charge is 2.19. The molecule has 0 radical (unpaired) electrons. The number of rotatable bonds is 7. The van der Waals surface area contributed by atoms with Crippen molar-refractivity contribution in [3.8, 4) is 5.75 Å². The summed E-state index contributed by atoms with van der Waals surface area (Å²) in [6.45, 7) is -0.323. The lowest BCUT2D eigenvalue weighted by Crippen LogP contribution is -2.40. The van der Waals surface area contributed by atoms with Crippen molar-refractivity contribution in [2.75, 3.05) is 13.2 Å². The average Bonchev–Trinajstić information content (AvgIpc) is 2.99. The largest absolute Gasteiger partial charge is 0.488 e. The van der Waals surface area contributed by atoms with Gasteiger partial charge in [-0.05, 0) is 24.1 Å². The molecule has 1 aromatic rings. The van der Waals surface area contributed by atoms with Gasteiger partial charge in [0.25, 0.3) is 6.43 Å². The van der Waals surface area contributed by atoms with E-state index in [4.69, 9.17) is 9.84 Å². The molecule has 0 saturated carbocycles. The molecular formula is C16H20F2N2O3. The first-order valence-electron chi connectivity index (χ1n) is 7.40. The Labute approximate surface area is 133 Å². The summed E-state index contributed by atoms with van der Waals surface area (Å²) in [5.74, 6) is 0.429. The Morgan fingerprint density at radius 1 is 1.39 bits per heavy atom. The quantitative estimate of drug-likeness (QED) is 0.672. The summed E-state index contributed by atoms with van der Waals surface area (Å²) >= 11 is 0. The van der Waals surface area contributed by atoms with Crippen molar-refractivity contribution in [3.05, 3.63) is 42.0 Å². The van der Waals surface area contributed by atoms with E-state index in [9.17, 15) is 13.6 Å². The van der Waals surface area contributed by atoms with Gasteiger partial charge in [-0.1, -0.05) is 24.3 Å². The van der Waals surface area contributed by atoms with Crippen molar-refractivity contribution in [1.82, 2.24) is 10.6 Å². The third-order valence-corrected chi connectivity index (χ3v) is 3.45. The zero-order valence-electron chi connectivity index (χ0n) is 12.5. The maximum atomic E-state index is 12.1. The lowest BCUT2D eigenvalue weighted by Gasteiger charge is -2.14. The summed E-state index contributed by atoms with van der Waals surface area (Å²) in [4.78, 5) is 11.8. The number of carbonyl (C=O) groups excluding carboxylic acids is 1. The minimum absolute atomic E-state index is 0.0711. The number of hydrogen-bond acceptors (Lipinski definition) is 3. The van der Waals surface area contributed by atoms with Crippen LogP contribution in [-0.4, -0.2) is 36.8 Å². The highest BCUT2D eigenvalue weighted by Crippen LogP contribution is 2.17. The molecule has 126 valence electrons. The Hall–Kier alpha value is -2.15. The van der Waals surface area contributed by atoms with Gasteiger partial charge in [0.1, 0.15) is 12.4 Å². The zero-order valence-corrected chi connectivity index (χ0v) is 12.5. The Bertz CT molecular complexity index is 552. The van der Waals surface area contributed by atoms with Crippen molar-refractivity contribution in [3.63, 3.8) is 0 Å². The molecular weight excluding hydrogens is 306 g/mol. The van der Waals surface area contributed by atoms with Crippen molar-refractivity contribution in [1.29, 1.82) is 0 Å². The number of alkyl halides is 2. The molecule has 23 heavy (non-hydrogen) atoms. The minimum Gasteiger partial charge on any atom is -0.488 e. The van der Waals surface area contributed by atoms with Gasteiger partial charge in [0.15, 0.2) is 0 Å². The van der Waals surface area contributed by atoms with Crippen LogP contribution in [0.25, 0.3) is 0 Å². The Kier molecular flexibility index (Phi) is 6.34. The van der Waals surface area contributed by atoms with Gasteiger partial charge in [-0.2, -0.15) is 0 Å². The number of aliphatic hydroxyl groups is 1. The van der Waals surface area contributed by atoms with Crippen LogP contribution in [0, 0.1) is 5.92 Å². The molecule has 3 N–H and O–H groups in total. The van der Waals surface area contributed by atoms with Crippen LogP contribution in [0.5, 0.6) is 5.75 Å². The summed E-state index contributed by atoms with van der Waals surface area (Å²) in [7, 11) is 0. The predicted molar refractivity (Wildman–Crippen MR) is 81.4 cm³/mol. The van der Waals surface area contributed by atoms with Gasteiger partial charge < -0.3 is 20.5 Å². The number of ether oxygens (including phenoxy) is 1. The molecule has 1 aromatic carbocycles. The molecule has 0 spiro atoms. The lowest BCUT2D eigenvalue weighted by molar-refractivity contribution is 0.0818. The number of halogens is 2. The predicted octanol–water partition coefficient (Wildman–Crippen LogP) is 2.07. The fraction of sp³-hybridized carbons (Fsp3) is 0.438. The van der Waals surface area contributed by atoms with Crippen molar-refractivity contribution < 1.29 is 23.4 Å². The SMILES string of the molecule is O=C(NCc1cccc(OCC(F)F)c1)N[C@@H]1C=C[C@H](CO)C1. The van der Waals surface area contributed by atoms with E-state index < -0.39 is 13.0 Å². The smallest absolute Gasteiger partial charge is 0.315 e. The van der Waals surface area contributed by atoms with Gasteiger partial charge in [0.05, 0.1) is 0 Å². The molecule has 2 rings (SSSR count). The molecule has 0 unspecified atom stereocenters. The minimum atomic E-state index is -2.52. The molecule has 0 aliphatic heterocycles. The summed E-state index contributed by atoms with van der Waals surface area (Å²) in [5, 5.41) is 14.5. The number of carbonyl (C=O) groups is 1. The van der Waals surface area contributed by atoms with Gasteiger partial charge in [-0.15, -0.1) is 0 Å². The van der Waals surface area contributed by atoms with Crippen LogP contribution in [-0.2, 0) is 6.54 Å². The molecule has 2 amide bonds. The van der Waals surface area contributed by atoms with Crippen LogP contribution in [0.1, 0.15) is 12.0 Å². The van der Waals surface area contributed by atoms with Crippen LogP contribution < -0.4 is 15.4 Å². The van der Waals surface area contributed by atoms with E-state index in [1.807, 2.05) is 12.2 Å². The number of nitrogens with one attached hydrogen (secondary N) is 2. The van der Waals surface area contributed by atoms with Gasteiger partial charge >= 0.3 is 6.03 Å². The number of urea groups is 1. The highest BCUT2D eigenvalue weighted by molar-refractivity contribution is 5.74. The van der Waals surface area contributed by atoms with E-state index in [0.29, 0.717) is 12.2 Å². The number of amides is 2. The molecule has 7 heteroatoms. The maximum absolute atomic E-state index is 12.1. The number of hydrogen-bond donors (Lipinski definition) is 3. The van der Waals surface area contributed by atoms with Gasteiger partial charge in [-0.25, -0.2) is 13.6 Å². The van der Waals surface area contributed by atoms with Crippen LogP contribution in [0.3, 0.4) is 0 Å². The monoisotopic (exact) mass is 326 g/mol. The van der Waals surface area contributed by atoms with E-state index in [-0.39, 0.29) is 31.1 Å². The fourth-order valence-electron chi connectivity index (χ4n) is 2.32. The molecule has 0 bridgehead atoms. The Morgan fingerprint density at radius 2 is 2.22 bits per heavy atom. The summed E-state index contributed by atoms with van der Waals surface area (Å²) < 4.78 is 29.2. The molecule has 5 nitrogen and oxygen atoms in total. The topological polar surface area (TPSA) is 70.6 Å². The molecule has 0 fully saturated rings. The van der Waals surface area contributed by atoms with Gasteiger partial charge in [-0.3, -0.25) is 0 Å². The molecule has 2 atom stereocenters. The van der Waals surface area contributed by atoms with Crippen LogP contribution in [0.4, 0.5) is 13.6 Å². The molecule has 0 aromatic heterocycles. The van der Waals surface area contributed by atoms with Crippen molar-refractivity contribution in [2.45, 2.75) is 25.4 Å². The second-order valence-electron chi connectivity index (χ2n) is 5.35. The number of aliphatic hydroxyl groups excluding tert-OH is 1. The van der Waals surface area contributed by atoms with Crippen LogP contribution in [0.2, 0.25) is 0 Å². The van der Waals surface area contributed by atoms with Crippen molar-refractivity contribution in [2.24, 2.45) is 5.92 Å². The number of benzene rings is 1. The summed E-state index contributed by atoms with van der Waals surface area (Å²) in [6, 6.07) is 6.24. The summed E-state index contributed by atoms with van der Waals surface area (Å²) in [6.07, 6.45) is 1.90. The van der Waals surface area contributed by atoms with E-state index in [2.05, 4.69) is 10.6 Å². The van der Waals surface area contributed by atoms with Crippen LogP contribution in [0.15, 0.2) is 36.4 Å². The first kappa shape index (κ1) is 17.2. The van der Waals surface area contributed by atoms with Gasteiger partial charge in [0.2, 0.25) is 0 Å². The molecule has 0 saturated heterocycles. The fourth-order valence-corrected chi connectivity index (χ4v) is 2.32. The van der Waals surface area contributed by atoms with E-state index in [1.54, 1.807) is 24.3 Å². The van der Waals surface area contributed by atoms with E-state index in [0.717, 1.165) is 5.56 Å². The van der Waals surface area contributed by atoms with Crippen LogP contribution >= 0.6 is 0 Å². The average molecular weight is 326 g/mol. The van der Waals surface area contributed by atoms with Gasteiger partial charge in [0, 0.05) is 25.1 Å².